The highest BCUT2D eigenvalue weighted by atomic mass is 32.1. The van der Waals surface area contributed by atoms with E-state index < -0.39 is 0 Å². The summed E-state index contributed by atoms with van der Waals surface area (Å²) in [5.41, 5.74) is 16.6. The molecule has 7 aromatic rings. The van der Waals surface area contributed by atoms with Crippen molar-refractivity contribution in [2.75, 3.05) is 58.3 Å². The van der Waals surface area contributed by atoms with Crippen LogP contribution in [0.2, 0.25) is 0 Å². The maximum atomic E-state index is 14.2. The molecule has 8 heteroatoms. The molecule has 3 aromatic heterocycles. The Kier molecular flexibility index (Phi) is 28.3. The number of aryl methyl sites for hydroxylation is 4. The maximum absolute atomic E-state index is 14.2. The number of rotatable bonds is 5. The molecule has 0 amide bonds. The van der Waals surface area contributed by atoms with Gasteiger partial charge in [0.2, 0.25) is 0 Å². The lowest BCUT2D eigenvalue weighted by molar-refractivity contribution is 0.524. The van der Waals surface area contributed by atoms with Crippen molar-refractivity contribution < 1.29 is 8.78 Å². The van der Waals surface area contributed by atoms with Crippen LogP contribution in [0.15, 0.2) is 103 Å². The Bertz CT molecular complexity index is 3460. The second kappa shape index (κ2) is 33.6. The minimum absolute atomic E-state index is 0.0356. The fourth-order valence-corrected chi connectivity index (χ4v) is 16.8. The van der Waals surface area contributed by atoms with E-state index in [1.54, 1.807) is 38.0 Å². The average Bonchev–Trinajstić information content (AvgIpc) is 1.64. The minimum atomic E-state index is -0.0407. The Hall–Kier alpha value is -4.44. The van der Waals surface area contributed by atoms with Crippen LogP contribution in [0.1, 0.15) is 299 Å². The summed E-state index contributed by atoms with van der Waals surface area (Å²) < 4.78 is 30.6. The first-order valence-corrected chi connectivity index (χ1v) is 40.7. The third-order valence-electron chi connectivity index (χ3n) is 20.7. The van der Waals surface area contributed by atoms with Crippen LogP contribution in [-0.4, -0.2) is 53.4 Å². The van der Waals surface area contributed by atoms with Gasteiger partial charge in [-0.15, -0.1) is 34.0 Å². The van der Waals surface area contributed by atoms with Crippen LogP contribution < -0.4 is 13.9 Å². The number of thiophene rings is 3. The van der Waals surface area contributed by atoms with E-state index in [2.05, 4.69) is 302 Å². The number of hydrogen-bond acceptors (Lipinski definition) is 4. The molecular weight excluding hydrogens is 1270 g/mol. The standard InChI is InChI=1S/C14H22N.C14H22.C13H19FS.C13H20N.C13H21N.C12H17FS.C12H18S/c1-5-15(10-11-15)13-8-6-12(7-9-13)14(2,3)4;1-13(2,3)11-7-9-12(10-8-11)14(4,5)6;1-13(2,3)12-11(14)9-7-5-4-6-8-10(9)15-12;1-13(2,3)11-5-7-12(8-6-11)14(4)9-10-14;1-6-14(5)12-9-7-11(8-10-12)13(2,3)4;1-12(2,3)11-10(13)8-6-4-5-7-9(8)14-11;1-12(2,3)11-8-9-6-4-5-7-10(9)13-11/h6-9H,5,10-11H2,1-4H3;7-10H,1-6H3;4-8H2,1-3H3;5-8H,9-10H2,1-4H3;7-10H,6H2,1-5H3;4-7H2,1-3H3;8H,4-7H2,1-3H3/q+1;;;+1;;;. The monoisotopic (exact) mass is 1410 g/mol. The normalized spacial score (nSPS) is 16.3. The second-order valence-electron chi connectivity index (χ2n) is 37.8. The van der Waals surface area contributed by atoms with E-state index in [0.717, 1.165) is 70.4 Å². The van der Waals surface area contributed by atoms with E-state index in [-0.39, 0.29) is 49.5 Å². The molecule has 2 saturated heterocycles. The first-order chi connectivity index (χ1) is 45.6. The molecule has 12 rings (SSSR count). The Balaban J connectivity index is 0.000000182. The van der Waals surface area contributed by atoms with E-state index in [0.29, 0.717) is 5.41 Å². The van der Waals surface area contributed by atoms with Crippen LogP contribution in [0.5, 0.6) is 0 Å². The molecule has 0 spiro atoms. The van der Waals surface area contributed by atoms with Crippen LogP contribution in [0, 0.1) is 11.6 Å². The lowest BCUT2D eigenvalue weighted by Crippen LogP contribution is -2.25. The van der Waals surface area contributed by atoms with E-state index >= 15 is 0 Å². The lowest BCUT2D eigenvalue weighted by Gasteiger charge is -2.23. The summed E-state index contributed by atoms with van der Waals surface area (Å²) in [5, 5.41) is 0. The number of nitrogens with zero attached hydrogens (tertiary/aromatic N) is 3. The fraction of sp³-hybridized carbons (Fsp3) is 0.604. The van der Waals surface area contributed by atoms with Gasteiger partial charge in [-0.25, -0.2) is 8.78 Å². The van der Waals surface area contributed by atoms with Gasteiger partial charge in [-0.3, -0.25) is 8.97 Å². The van der Waals surface area contributed by atoms with Gasteiger partial charge < -0.3 is 4.90 Å². The van der Waals surface area contributed by atoms with Gasteiger partial charge in [0.05, 0.1) is 13.6 Å². The Morgan fingerprint density at radius 1 is 0.364 bits per heavy atom. The molecule has 5 aliphatic rings. The van der Waals surface area contributed by atoms with Gasteiger partial charge >= 0.3 is 0 Å². The van der Waals surface area contributed by atoms with Crippen LogP contribution >= 0.6 is 34.0 Å². The smallest absolute Gasteiger partial charge is 0.141 e. The van der Waals surface area contributed by atoms with Crippen LogP contribution in [0.3, 0.4) is 0 Å². The highest BCUT2D eigenvalue weighted by Crippen LogP contribution is 2.42. The van der Waals surface area contributed by atoms with E-state index in [9.17, 15) is 8.78 Å². The van der Waals surface area contributed by atoms with Crippen molar-refractivity contribution in [3.05, 3.63) is 189 Å². The molecule has 0 saturated carbocycles. The largest absolute Gasteiger partial charge is 0.375 e. The molecule has 5 heterocycles. The predicted molar refractivity (Wildman–Crippen MR) is 441 cm³/mol. The Morgan fingerprint density at radius 2 is 0.687 bits per heavy atom. The third kappa shape index (κ3) is 24.1. The fourth-order valence-electron chi connectivity index (χ4n) is 12.8. The third-order valence-corrected chi connectivity index (χ3v) is 25.8. The second-order valence-corrected chi connectivity index (χ2v) is 41.2. The van der Waals surface area contributed by atoms with Crippen molar-refractivity contribution in [1.29, 1.82) is 0 Å². The molecular formula is C91H139F2N3S3+2. The summed E-state index contributed by atoms with van der Waals surface area (Å²) in [7, 11) is 4.41. The van der Waals surface area contributed by atoms with Crippen molar-refractivity contribution in [3.8, 4) is 0 Å². The maximum Gasteiger partial charge on any atom is 0.141 e. The number of likely N-dealkylation sites (N-methyl/N-ethyl adjacent to an activating group) is 2. The minimum Gasteiger partial charge on any atom is -0.375 e. The summed E-state index contributed by atoms with van der Waals surface area (Å²) in [4.78, 5) is 10.00. The number of quaternary nitrogens is 2. The van der Waals surface area contributed by atoms with Gasteiger partial charge in [0.15, 0.2) is 0 Å². The van der Waals surface area contributed by atoms with Crippen molar-refractivity contribution in [2.24, 2.45) is 0 Å². The molecule has 0 bridgehead atoms. The summed E-state index contributed by atoms with van der Waals surface area (Å²) in [5.74, 6) is 0.196. The van der Waals surface area contributed by atoms with E-state index in [1.807, 2.05) is 11.3 Å². The topological polar surface area (TPSA) is 3.24 Å². The number of fused-ring (bicyclic) bond motifs is 3. The summed E-state index contributed by atoms with van der Waals surface area (Å²) in [6.07, 6.45) is 15.6. The Labute approximate surface area is 618 Å². The highest BCUT2D eigenvalue weighted by Gasteiger charge is 2.43. The van der Waals surface area contributed by atoms with Crippen molar-refractivity contribution in [3.63, 3.8) is 0 Å². The molecule has 2 fully saturated rings. The van der Waals surface area contributed by atoms with Crippen molar-refractivity contribution in [1.82, 2.24) is 8.97 Å². The van der Waals surface area contributed by atoms with E-state index in [4.69, 9.17) is 0 Å². The van der Waals surface area contributed by atoms with Gasteiger partial charge in [0.25, 0.3) is 0 Å². The van der Waals surface area contributed by atoms with Crippen molar-refractivity contribution in [2.45, 2.75) is 307 Å². The molecule has 0 unspecified atom stereocenters. The zero-order chi connectivity index (χ0) is 74.1. The first kappa shape index (κ1) is 83.5. The van der Waals surface area contributed by atoms with Gasteiger partial charge in [0, 0.05) is 59.7 Å². The van der Waals surface area contributed by atoms with Gasteiger partial charge in [-0.1, -0.05) is 233 Å². The van der Waals surface area contributed by atoms with Crippen LogP contribution in [-0.2, 0) is 81.8 Å². The van der Waals surface area contributed by atoms with Crippen LogP contribution in [0.25, 0.3) is 0 Å². The summed E-state index contributed by atoms with van der Waals surface area (Å²) in [6, 6.07) is 38.6. The molecule has 0 atom stereocenters. The lowest BCUT2D eigenvalue weighted by atomic mass is 9.82. The highest BCUT2D eigenvalue weighted by molar-refractivity contribution is 7.13. The van der Waals surface area contributed by atoms with Gasteiger partial charge in [-0.05, 0) is 210 Å². The SMILES string of the molecule is CC(C)(C)c1cc2c(s1)CCCC2.CC(C)(C)c1ccc(C(C)(C)C)cc1.CC(C)(C)c1ccc([N+]2(C)CC2)cc1.CC(C)(C)c1sc2c(c1F)CCCC2.CC(C)(C)c1sc2c(c1F)CCCCC2.CCN(C)c1ccc(C(C)(C)C)cc1.CC[N+]1(c2ccc(C(C)(C)C)cc2)CC1. The molecule has 3 aliphatic carbocycles. The molecule has 0 radical (unpaired) electrons. The number of hydrogen-bond donors (Lipinski definition) is 0. The molecule has 99 heavy (non-hydrogen) atoms. The molecule has 2 aliphatic heterocycles. The quantitative estimate of drug-likeness (QED) is 0.0943. The molecule has 3 nitrogen and oxygen atoms in total. The predicted octanol–water partition coefficient (Wildman–Crippen LogP) is 26.4. The molecule has 4 aromatic carbocycles. The summed E-state index contributed by atoms with van der Waals surface area (Å²) >= 11 is 5.44. The average molecular weight is 1410 g/mol. The Morgan fingerprint density at radius 3 is 1.01 bits per heavy atom. The molecule has 548 valence electrons. The number of benzene rings is 4. The van der Waals surface area contributed by atoms with E-state index in [1.165, 1.54) is 137 Å². The number of anilines is 1. The number of halogens is 2. The van der Waals surface area contributed by atoms with Crippen LogP contribution in [0.4, 0.5) is 25.8 Å². The van der Waals surface area contributed by atoms with Gasteiger partial charge in [-0.2, -0.15) is 0 Å². The van der Waals surface area contributed by atoms with Gasteiger partial charge in [0.1, 0.15) is 49.2 Å². The first-order valence-electron chi connectivity index (χ1n) is 38.2. The van der Waals surface area contributed by atoms with Crippen molar-refractivity contribution >= 4 is 51.1 Å². The molecule has 0 N–H and O–H groups in total. The zero-order valence-electron chi connectivity index (χ0n) is 68.1. The zero-order valence-corrected chi connectivity index (χ0v) is 70.5. The summed E-state index contributed by atoms with van der Waals surface area (Å²) in [6.45, 7) is 65.3.